The average molecular weight is 340 g/mol. The smallest absolute Gasteiger partial charge is 0.321 e. The largest absolute Gasteiger partial charge is 0.338 e. The molecule has 0 aliphatic heterocycles. The molecule has 0 atom stereocenters. The van der Waals surface area contributed by atoms with Crippen molar-refractivity contribution in [2.75, 3.05) is 12.3 Å². The van der Waals surface area contributed by atoms with Crippen LogP contribution in [0.25, 0.3) is 0 Å². The van der Waals surface area contributed by atoms with Crippen molar-refractivity contribution >= 4 is 23.7 Å². The summed E-state index contributed by atoms with van der Waals surface area (Å²) >= 11 is 1.37. The van der Waals surface area contributed by atoms with Crippen molar-refractivity contribution in [1.82, 2.24) is 20.2 Å². The van der Waals surface area contributed by atoms with E-state index in [1.54, 1.807) is 0 Å². The highest BCUT2D eigenvalue weighted by Crippen LogP contribution is 2.21. The first-order valence-electron chi connectivity index (χ1n) is 8.09. The van der Waals surface area contributed by atoms with Gasteiger partial charge in [-0.15, -0.1) is 0 Å². The first kappa shape index (κ1) is 19.5. The minimum Gasteiger partial charge on any atom is -0.338 e. The van der Waals surface area contributed by atoms with Crippen molar-refractivity contribution < 1.29 is 9.59 Å². The molecule has 1 rings (SSSR count). The number of amides is 3. The van der Waals surface area contributed by atoms with Crippen LogP contribution in [-0.4, -0.2) is 33.8 Å². The summed E-state index contributed by atoms with van der Waals surface area (Å²) < 4.78 is 2.15. The Morgan fingerprint density at radius 2 is 2.00 bits per heavy atom. The highest BCUT2D eigenvalue weighted by molar-refractivity contribution is 7.99. The number of nitrogens with one attached hydrogen (secondary N) is 2. The molecule has 23 heavy (non-hydrogen) atoms. The van der Waals surface area contributed by atoms with Gasteiger partial charge in [-0.05, 0) is 26.2 Å². The van der Waals surface area contributed by atoms with Crippen LogP contribution in [0.1, 0.15) is 45.0 Å². The Labute approximate surface area is 142 Å². The van der Waals surface area contributed by atoms with E-state index in [1.165, 1.54) is 11.8 Å². The molecule has 0 aromatic carbocycles. The lowest BCUT2D eigenvalue weighted by atomic mass is 10.2. The van der Waals surface area contributed by atoms with Crippen molar-refractivity contribution in [2.24, 2.45) is 5.92 Å². The Bertz CT molecular complexity index is 540. The summed E-state index contributed by atoms with van der Waals surface area (Å²) in [5.74, 6) is 0.218. The molecule has 3 amide bonds. The number of rotatable bonds is 8. The van der Waals surface area contributed by atoms with Gasteiger partial charge < -0.3 is 9.88 Å². The lowest BCUT2D eigenvalue weighted by Crippen LogP contribution is -2.41. The first-order chi connectivity index (χ1) is 10.8. The maximum atomic E-state index is 11.9. The van der Waals surface area contributed by atoms with Crippen LogP contribution in [0, 0.1) is 19.8 Å². The van der Waals surface area contributed by atoms with Crippen LogP contribution in [0.15, 0.2) is 5.16 Å². The maximum absolute atomic E-state index is 11.9. The van der Waals surface area contributed by atoms with E-state index in [-0.39, 0.29) is 11.7 Å². The van der Waals surface area contributed by atoms with E-state index < -0.39 is 6.03 Å². The van der Waals surface area contributed by atoms with Gasteiger partial charge in [0.25, 0.3) is 0 Å². The number of nitrogens with zero attached hydrogens (tertiary/aromatic N) is 2. The summed E-state index contributed by atoms with van der Waals surface area (Å²) in [7, 11) is 0. The second kappa shape index (κ2) is 9.60. The van der Waals surface area contributed by atoms with Gasteiger partial charge in [0.05, 0.1) is 11.4 Å². The van der Waals surface area contributed by atoms with Crippen LogP contribution >= 0.6 is 11.8 Å². The maximum Gasteiger partial charge on any atom is 0.321 e. The highest BCUT2D eigenvalue weighted by Gasteiger charge is 2.14. The average Bonchev–Trinajstić information content (AvgIpc) is 2.76. The van der Waals surface area contributed by atoms with Gasteiger partial charge >= 0.3 is 6.03 Å². The molecular weight excluding hydrogens is 312 g/mol. The molecule has 1 heterocycles. The van der Waals surface area contributed by atoms with Crippen molar-refractivity contribution in [3.8, 4) is 0 Å². The second-order valence-electron chi connectivity index (χ2n) is 6.01. The molecule has 6 nitrogen and oxygen atoms in total. The fourth-order valence-electron chi connectivity index (χ4n) is 1.95. The number of unbranched alkanes of at least 4 members (excludes halogenated alkanes) is 1. The monoisotopic (exact) mass is 340 g/mol. The minimum absolute atomic E-state index is 0.178. The molecule has 0 fully saturated rings. The predicted molar refractivity (Wildman–Crippen MR) is 93.7 cm³/mol. The molecule has 7 heteroatoms. The molecule has 0 saturated carbocycles. The summed E-state index contributed by atoms with van der Waals surface area (Å²) in [6.45, 7) is 11.6. The lowest BCUT2D eigenvalue weighted by molar-refractivity contribution is -0.117. The van der Waals surface area contributed by atoms with Gasteiger partial charge in [-0.1, -0.05) is 39.0 Å². The zero-order valence-electron chi connectivity index (χ0n) is 14.7. The standard InChI is InChI=1S/C16H28N4O2S/c1-6-7-8-20-13(5)12(4)18-16(20)23-10-14(21)19-15(22)17-9-11(2)3/h11H,6-10H2,1-5H3,(H2,17,19,21,22). The Kier molecular flexibility index (Phi) is 8.16. The topological polar surface area (TPSA) is 76.0 Å². The Hall–Kier alpha value is -1.50. The van der Waals surface area contributed by atoms with Gasteiger partial charge in [-0.2, -0.15) is 0 Å². The van der Waals surface area contributed by atoms with Crippen molar-refractivity contribution in [3.63, 3.8) is 0 Å². The molecule has 0 unspecified atom stereocenters. The number of imide groups is 1. The molecule has 1 aromatic rings. The Balaban J connectivity index is 2.52. The van der Waals surface area contributed by atoms with E-state index in [0.29, 0.717) is 12.5 Å². The number of hydrogen-bond donors (Lipinski definition) is 2. The van der Waals surface area contributed by atoms with E-state index >= 15 is 0 Å². The van der Waals surface area contributed by atoms with Crippen LogP contribution < -0.4 is 10.6 Å². The third kappa shape index (κ3) is 6.64. The third-order valence-corrected chi connectivity index (χ3v) is 4.39. The highest BCUT2D eigenvalue weighted by atomic mass is 32.2. The molecule has 130 valence electrons. The lowest BCUT2D eigenvalue weighted by Gasteiger charge is -2.10. The summed E-state index contributed by atoms with van der Waals surface area (Å²) in [5.41, 5.74) is 2.12. The number of aromatic nitrogens is 2. The van der Waals surface area contributed by atoms with Gasteiger partial charge in [0.2, 0.25) is 5.91 Å². The van der Waals surface area contributed by atoms with E-state index in [1.807, 2.05) is 27.7 Å². The van der Waals surface area contributed by atoms with Crippen molar-refractivity contribution in [3.05, 3.63) is 11.4 Å². The van der Waals surface area contributed by atoms with Gasteiger partial charge in [0, 0.05) is 18.8 Å². The number of urea groups is 1. The number of aryl methyl sites for hydroxylation is 1. The van der Waals surface area contributed by atoms with Gasteiger partial charge in [-0.3, -0.25) is 10.1 Å². The van der Waals surface area contributed by atoms with E-state index in [2.05, 4.69) is 27.1 Å². The normalized spacial score (nSPS) is 10.9. The van der Waals surface area contributed by atoms with Crippen LogP contribution in [0.5, 0.6) is 0 Å². The summed E-state index contributed by atoms with van der Waals surface area (Å²) in [4.78, 5) is 27.9. The van der Waals surface area contributed by atoms with Crippen LogP contribution in [-0.2, 0) is 11.3 Å². The van der Waals surface area contributed by atoms with Crippen molar-refractivity contribution in [1.29, 1.82) is 0 Å². The molecule has 0 aliphatic rings. The first-order valence-corrected chi connectivity index (χ1v) is 9.07. The molecule has 0 bridgehead atoms. The second-order valence-corrected chi connectivity index (χ2v) is 6.95. The fraction of sp³-hybridized carbons (Fsp3) is 0.688. The van der Waals surface area contributed by atoms with E-state index in [9.17, 15) is 9.59 Å². The quantitative estimate of drug-likeness (QED) is 0.714. The third-order valence-electron chi connectivity index (χ3n) is 3.41. The van der Waals surface area contributed by atoms with Gasteiger partial charge in [0.1, 0.15) is 0 Å². The Morgan fingerprint density at radius 1 is 1.30 bits per heavy atom. The molecule has 2 N–H and O–H groups in total. The Morgan fingerprint density at radius 3 is 2.61 bits per heavy atom. The number of imidazole rings is 1. The fourth-order valence-corrected chi connectivity index (χ4v) is 2.86. The van der Waals surface area contributed by atoms with Crippen LogP contribution in [0.2, 0.25) is 0 Å². The summed E-state index contributed by atoms with van der Waals surface area (Å²) in [6.07, 6.45) is 2.19. The minimum atomic E-state index is -0.439. The number of thioether (sulfide) groups is 1. The van der Waals surface area contributed by atoms with Crippen LogP contribution in [0.4, 0.5) is 4.79 Å². The molecule has 0 radical (unpaired) electrons. The number of hydrogen-bond acceptors (Lipinski definition) is 4. The van der Waals surface area contributed by atoms with E-state index in [0.717, 1.165) is 35.9 Å². The predicted octanol–water partition coefficient (Wildman–Crippen LogP) is 2.87. The van der Waals surface area contributed by atoms with Crippen molar-refractivity contribution in [2.45, 2.75) is 59.2 Å². The SMILES string of the molecule is CCCCn1c(SCC(=O)NC(=O)NCC(C)C)nc(C)c1C. The number of carbonyl (C=O) groups is 2. The molecule has 0 aliphatic carbocycles. The number of carbonyl (C=O) groups excluding carboxylic acids is 2. The molecule has 0 saturated heterocycles. The molecular formula is C16H28N4O2S. The van der Waals surface area contributed by atoms with Gasteiger partial charge in [0.15, 0.2) is 5.16 Å². The molecule has 1 aromatic heterocycles. The van der Waals surface area contributed by atoms with Crippen LogP contribution in [0.3, 0.4) is 0 Å². The zero-order chi connectivity index (χ0) is 17.4. The zero-order valence-corrected chi connectivity index (χ0v) is 15.5. The summed E-state index contributed by atoms with van der Waals surface area (Å²) in [6, 6.07) is -0.439. The summed E-state index contributed by atoms with van der Waals surface area (Å²) in [5, 5.41) is 5.84. The van der Waals surface area contributed by atoms with E-state index in [4.69, 9.17) is 0 Å². The molecule has 0 spiro atoms. The van der Waals surface area contributed by atoms with Gasteiger partial charge in [-0.25, -0.2) is 9.78 Å².